The minimum absolute atomic E-state index is 0.0889. The number of hydrogen-bond donors (Lipinski definition) is 3. The Morgan fingerprint density at radius 2 is 1.87 bits per heavy atom. The predicted octanol–water partition coefficient (Wildman–Crippen LogP) is 0.855. The van der Waals surface area contributed by atoms with E-state index < -0.39 is 11.8 Å². The van der Waals surface area contributed by atoms with Gasteiger partial charge in [0.2, 0.25) is 0 Å². The maximum absolute atomic E-state index is 11.9. The van der Waals surface area contributed by atoms with E-state index in [0.29, 0.717) is 23.2 Å². The van der Waals surface area contributed by atoms with E-state index in [9.17, 15) is 14.4 Å². The van der Waals surface area contributed by atoms with Crippen molar-refractivity contribution in [2.75, 3.05) is 25.6 Å². The second-order valence-corrected chi connectivity index (χ2v) is 5.03. The lowest BCUT2D eigenvalue weighted by Crippen LogP contribution is -2.34. The van der Waals surface area contributed by atoms with Crippen LogP contribution in [0.5, 0.6) is 0 Å². The lowest BCUT2D eigenvalue weighted by molar-refractivity contribution is -0.139. The summed E-state index contributed by atoms with van der Waals surface area (Å²) in [7, 11) is 1.33. The van der Waals surface area contributed by atoms with E-state index in [1.54, 1.807) is 24.3 Å². The van der Waals surface area contributed by atoms with E-state index >= 15 is 0 Å². The Morgan fingerprint density at radius 1 is 1.13 bits per heavy atom. The van der Waals surface area contributed by atoms with Crippen molar-refractivity contribution in [2.45, 2.75) is 0 Å². The molecule has 118 valence electrons. The summed E-state index contributed by atoms with van der Waals surface area (Å²) < 4.78 is 4.54. The Balaban J connectivity index is 1.89. The number of imide groups is 1. The first-order valence-electron chi connectivity index (χ1n) is 7.04. The number of hydrogen-bond acceptors (Lipinski definition) is 6. The Bertz CT molecular complexity index is 796. The van der Waals surface area contributed by atoms with Crippen LogP contribution in [0.4, 0.5) is 5.69 Å². The van der Waals surface area contributed by atoms with Gasteiger partial charge in [0.1, 0.15) is 0 Å². The van der Waals surface area contributed by atoms with Crippen LogP contribution in [0.1, 0.15) is 20.7 Å². The third-order valence-electron chi connectivity index (χ3n) is 3.66. The Labute approximate surface area is 132 Å². The number of amides is 2. The van der Waals surface area contributed by atoms with E-state index in [2.05, 4.69) is 20.7 Å². The minimum atomic E-state index is -0.394. The lowest BCUT2D eigenvalue weighted by atomic mass is 9.94. The Hall–Kier alpha value is -2.93. The fourth-order valence-corrected chi connectivity index (χ4v) is 2.57. The summed E-state index contributed by atoms with van der Waals surface area (Å²) in [4.78, 5) is 34.9. The van der Waals surface area contributed by atoms with Gasteiger partial charge in [-0.3, -0.25) is 25.0 Å². The van der Waals surface area contributed by atoms with Gasteiger partial charge in [0.25, 0.3) is 11.8 Å². The molecule has 3 rings (SSSR count). The fraction of sp³-hybridized carbons (Fsp3) is 0.188. The van der Waals surface area contributed by atoms with Crippen molar-refractivity contribution in [2.24, 2.45) is 0 Å². The number of carbonyl (C=O) groups excluding carboxylic acids is 3. The summed E-state index contributed by atoms with van der Waals surface area (Å²) in [6, 6.07) is 8.75. The van der Waals surface area contributed by atoms with Crippen molar-refractivity contribution < 1.29 is 19.1 Å². The monoisotopic (exact) mass is 313 g/mol. The molecule has 1 aliphatic heterocycles. The first-order chi connectivity index (χ1) is 11.1. The van der Waals surface area contributed by atoms with Crippen molar-refractivity contribution in [3.63, 3.8) is 0 Å². The molecular formula is C16H15N3O4. The molecular weight excluding hydrogens is 298 g/mol. The van der Waals surface area contributed by atoms with Gasteiger partial charge in [-0.1, -0.05) is 12.1 Å². The van der Waals surface area contributed by atoms with E-state index in [-0.39, 0.29) is 12.5 Å². The Morgan fingerprint density at radius 3 is 2.61 bits per heavy atom. The van der Waals surface area contributed by atoms with Gasteiger partial charge in [-0.05, 0) is 18.2 Å². The minimum Gasteiger partial charge on any atom is -0.468 e. The first kappa shape index (κ1) is 15.0. The van der Waals surface area contributed by atoms with Crippen molar-refractivity contribution in [1.82, 2.24) is 10.6 Å². The summed E-state index contributed by atoms with van der Waals surface area (Å²) in [5.41, 5.74) is 1.72. The molecule has 7 heteroatoms. The van der Waals surface area contributed by atoms with E-state index in [0.717, 1.165) is 11.1 Å². The number of methoxy groups -OCH3 is 1. The van der Waals surface area contributed by atoms with Gasteiger partial charge < -0.3 is 10.1 Å². The second kappa shape index (κ2) is 6.05. The van der Waals surface area contributed by atoms with Crippen molar-refractivity contribution >= 4 is 34.2 Å². The molecule has 1 heterocycles. The standard InChI is InChI=1S/C16H15N3O4/c1-23-13(20)7-17-8-18-12-6-5-11-14-9(12)3-2-4-10(14)15(21)19-16(11)22/h2-6,17-18H,7-8H2,1H3,(H,19,21,22). The Kier molecular flexibility index (Phi) is 3.94. The van der Waals surface area contributed by atoms with Crippen molar-refractivity contribution in [3.05, 3.63) is 41.5 Å². The third-order valence-corrected chi connectivity index (χ3v) is 3.66. The number of ether oxygens (including phenoxy) is 1. The average Bonchev–Trinajstić information content (AvgIpc) is 2.56. The summed E-state index contributed by atoms with van der Waals surface area (Å²) in [6.45, 7) is 0.430. The van der Waals surface area contributed by atoms with Gasteiger partial charge >= 0.3 is 5.97 Å². The van der Waals surface area contributed by atoms with Crippen LogP contribution in [0.2, 0.25) is 0 Å². The molecule has 1 aliphatic rings. The van der Waals surface area contributed by atoms with Crippen LogP contribution in [-0.2, 0) is 9.53 Å². The maximum Gasteiger partial charge on any atom is 0.319 e. The highest BCUT2D eigenvalue weighted by Crippen LogP contribution is 2.31. The summed E-state index contributed by atoms with van der Waals surface area (Å²) in [6.07, 6.45) is 0. The fourth-order valence-electron chi connectivity index (χ4n) is 2.57. The molecule has 23 heavy (non-hydrogen) atoms. The number of nitrogens with one attached hydrogen (secondary N) is 3. The van der Waals surface area contributed by atoms with Crippen LogP contribution in [0.3, 0.4) is 0 Å². The van der Waals surface area contributed by atoms with Gasteiger partial charge in [-0.25, -0.2) is 0 Å². The van der Waals surface area contributed by atoms with E-state index in [1.807, 2.05) is 6.07 Å². The highest BCUT2D eigenvalue weighted by atomic mass is 16.5. The van der Waals surface area contributed by atoms with Crippen molar-refractivity contribution in [3.8, 4) is 0 Å². The van der Waals surface area contributed by atoms with Crippen molar-refractivity contribution in [1.29, 1.82) is 0 Å². The average molecular weight is 313 g/mol. The second-order valence-electron chi connectivity index (χ2n) is 5.03. The number of anilines is 1. The van der Waals surface area contributed by atoms with Gasteiger partial charge in [0.15, 0.2) is 0 Å². The molecule has 0 fully saturated rings. The zero-order valence-electron chi connectivity index (χ0n) is 12.4. The lowest BCUT2D eigenvalue weighted by Gasteiger charge is -2.19. The molecule has 3 N–H and O–H groups in total. The smallest absolute Gasteiger partial charge is 0.319 e. The molecule has 2 aromatic carbocycles. The number of carbonyl (C=O) groups is 3. The molecule has 7 nitrogen and oxygen atoms in total. The van der Waals surface area contributed by atoms with Crippen LogP contribution in [0.15, 0.2) is 30.3 Å². The van der Waals surface area contributed by atoms with E-state index in [4.69, 9.17) is 0 Å². The molecule has 0 unspecified atom stereocenters. The molecule has 0 radical (unpaired) electrons. The topological polar surface area (TPSA) is 96.5 Å². The molecule has 0 spiro atoms. The van der Waals surface area contributed by atoms with Gasteiger partial charge in [0.05, 0.1) is 20.3 Å². The molecule has 0 saturated heterocycles. The first-order valence-corrected chi connectivity index (χ1v) is 7.04. The molecule has 0 saturated carbocycles. The van der Waals surface area contributed by atoms with Crippen LogP contribution in [-0.4, -0.2) is 38.1 Å². The van der Waals surface area contributed by atoms with Crippen LogP contribution >= 0.6 is 0 Å². The van der Waals surface area contributed by atoms with Gasteiger partial charge in [-0.15, -0.1) is 0 Å². The summed E-state index contributed by atoms with van der Waals surface area (Å²) in [5, 5.41) is 9.77. The molecule has 0 atom stereocenters. The zero-order valence-corrected chi connectivity index (χ0v) is 12.4. The highest BCUT2D eigenvalue weighted by Gasteiger charge is 2.25. The number of esters is 1. The van der Waals surface area contributed by atoms with Crippen LogP contribution in [0.25, 0.3) is 10.8 Å². The number of rotatable bonds is 5. The molecule has 0 aromatic heterocycles. The van der Waals surface area contributed by atoms with Crippen LogP contribution < -0.4 is 16.0 Å². The predicted molar refractivity (Wildman–Crippen MR) is 84.3 cm³/mol. The maximum atomic E-state index is 11.9. The van der Waals surface area contributed by atoms with Gasteiger partial charge in [0, 0.05) is 27.6 Å². The number of benzene rings is 2. The van der Waals surface area contributed by atoms with E-state index in [1.165, 1.54) is 7.11 Å². The third kappa shape index (κ3) is 2.74. The SMILES string of the molecule is COC(=O)CNCNc1ccc2c3c(cccc13)C(=O)NC2=O. The summed E-state index contributed by atoms with van der Waals surface area (Å²) >= 11 is 0. The quantitative estimate of drug-likeness (QED) is 0.328. The molecule has 0 bridgehead atoms. The largest absolute Gasteiger partial charge is 0.468 e. The molecule has 2 amide bonds. The zero-order chi connectivity index (χ0) is 16.4. The molecule has 2 aromatic rings. The van der Waals surface area contributed by atoms with Crippen LogP contribution in [0, 0.1) is 0 Å². The highest BCUT2D eigenvalue weighted by molar-refractivity contribution is 6.26. The molecule has 0 aliphatic carbocycles. The normalized spacial score (nSPS) is 12.9. The summed E-state index contributed by atoms with van der Waals surface area (Å²) in [5.74, 6) is -1.14. The van der Waals surface area contributed by atoms with Gasteiger partial charge in [-0.2, -0.15) is 0 Å².